The average Bonchev–Trinajstić information content (AvgIpc) is 3.13. The molecule has 1 aliphatic heterocycles. The van der Waals surface area contributed by atoms with Gasteiger partial charge in [-0.25, -0.2) is 9.07 Å². The van der Waals surface area contributed by atoms with Crippen molar-refractivity contribution in [3.8, 4) is 0 Å². The van der Waals surface area contributed by atoms with Gasteiger partial charge in [0.05, 0.1) is 13.1 Å². The van der Waals surface area contributed by atoms with Crippen LogP contribution in [-0.2, 0) is 13.1 Å². The summed E-state index contributed by atoms with van der Waals surface area (Å²) in [5.41, 5.74) is 5.01. The summed E-state index contributed by atoms with van der Waals surface area (Å²) in [4.78, 5) is 4.84. The summed E-state index contributed by atoms with van der Waals surface area (Å²) in [7, 11) is 0. The fourth-order valence-corrected chi connectivity index (χ4v) is 3.65. The maximum atomic E-state index is 13.1. The second kappa shape index (κ2) is 8.06. The van der Waals surface area contributed by atoms with Crippen molar-refractivity contribution >= 4 is 5.69 Å². The first kappa shape index (κ1) is 18.6. The highest BCUT2D eigenvalue weighted by molar-refractivity contribution is 5.56. The first-order valence-electron chi connectivity index (χ1n) is 9.63. The molecule has 1 aromatic heterocycles. The average molecular weight is 380 g/mol. The number of piperazine rings is 1. The Morgan fingerprint density at radius 2 is 1.68 bits per heavy atom. The Bertz CT molecular complexity index is 928. The largest absolute Gasteiger partial charge is 0.369 e. The number of anilines is 1. The zero-order valence-electron chi connectivity index (χ0n) is 16.3. The van der Waals surface area contributed by atoms with Crippen LogP contribution in [0.3, 0.4) is 0 Å². The number of benzene rings is 2. The van der Waals surface area contributed by atoms with Crippen molar-refractivity contribution in [3.05, 3.63) is 70.8 Å². The minimum atomic E-state index is -0.234. The maximum Gasteiger partial charge on any atom is 0.165 e. The third-order valence-corrected chi connectivity index (χ3v) is 5.51. The van der Waals surface area contributed by atoms with Gasteiger partial charge in [0.1, 0.15) is 5.82 Å². The highest BCUT2D eigenvalue weighted by Crippen LogP contribution is 2.24. The van der Waals surface area contributed by atoms with Crippen molar-refractivity contribution in [1.29, 1.82) is 0 Å². The molecule has 6 nitrogen and oxygen atoms in total. The zero-order valence-corrected chi connectivity index (χ0v) is 16.3. The standard InChI is InChI=1S/C21H25FN6/c1-16-4-3-5-20(17(16)2)27-12-10-26(11-13-27)15-21-23-24-25-28(21)14-18-6-8-19(22)9-7-18/h3-9H,10-15H2,1-2H3. The summed E-state index contributed by atoms with van der Waals surface area (Å²) in [6.07, 6.45) is 0. The van der Waals surface area contributed by atoms with Gasteiger partial charge in [-0.3, -0.25) is 4.90 Å². The molecule has 2 aromatic carbocycles. The molecule has 7 heteroatoms. The highest BCUT2D eigenvalue weighted by Gasteiger charge is 2.20. The molecule has 1 saturated heterocycles. The quantitative estimate of drug-likeness (QED) is 0.681. The van der Waals surface area contributed by atoms with E-state index in [0.717, 1.165) is 44.1 Å². The predicted octanol–water partition coefficient (Wildman–Crippen LogP) is 2.80. The van der Waals surface area contributed by atoms with Gasteiger partial charge in [-0.1, -0.05) is 24.3 Å². The first-order chi connectivity index (χ1) is 13.6. The van der Waals surface area contributed by atoms with Gasteiger partial charge in [-0.15, -0.1) is 5.10 Å². The molecule has 0 amide bonds. The lowest BCUT2D eigenvalue weighted by Crippen LogP contribution is -2.46. The molecular formula is C21H25FN6. The predicted molar refractivity (Wildman–Crippen MR) is 107 cm³/mol. The second-order valence-corrected chi connectivity index (χ2v) is 7.36. The van der Waals surface area contributed by atoms with Crippen LogP contribution in [0, 0.1) is 19.7 Å². The van der Waals surface area contributed by atoms with E-state index < -0.39 is 0 Å². The number of hydrogen-bond donors (Lipinski definition) is 0. The normalized spacial score (nSPS) is 15.2. The van der Waals surface area contributed by atoms with Gasteiger partial charge in [0.15, 0.2) is 5.82 Å². The van der Waals surface area contributed by atoms with Crippen LogP contribution in [0.15, 0.2) is 42.5 Å². The van der Waals surface area contributed by atoms with Crippen LogP contribution in [-0.4, -0.2) is 51.3 Å². The Morgan fingerprint density at radius 3 is 2.43 bits per heavy atom. The summed E-state index contributed by atoms with van der Waals surface area (Å²) in [6, 6.07) is 13.0. The van der Waals surface area contributed by atoms with Crippen molar-refractivity contribution in [2.45, 2.75) is 26.9 Å². The van der Waals surface area contributed by atoms with Crippen LogP contribution in [0.25, 0.3) is 0 Å². The van der Waals surface area contributed by atoms with E-state index in [1.807, 2.05) is 0 Å². The Hall–Kier alpha value is -2.80. The molecule has 0 radical (unpaired) electrons. The number of aryl methyl sites for hydroxylation is 1. The Labute approximate surface area is 164 Å². The van der Waals surface area contributed by atoms with E-state index in [1.54, 1.807) is 16.8 Å². The molecule has 0 bridgehead atoms. The van der Waals surface area contributed by atoms with Gasteiger partial charge in [0.2, 0.25) is 0 Å². The molecule has 0 saturated carbocycles. The smallest absolute Gasteiger partial charge is 0.165 e. The highest BCUT2D eigenvalue weighted by atomic mass is 19.1. The lowest BCUT2D eigenvalue weighted by molar-refractivity contribution is 0.240. The molecule has 3 aromatic rings. The molecule has 0 atom stereocenters. The van der Waals surface area contributed by atoms with Crippen molar-refractivity contribution in [2.75, 3.05) is 31.1 Å². The third-order valence-electron chi connectivity index (χ3n) is 5.51. The van der Waals surface area contributed by atoms with E-state index in [2.05, 4.69) is 57.4 Å². The summed E-state index contributed by atoms with van der Waals surface area (Å²) >= 11 is 0. The lowest BCUT2D eigenvalue weighted by Gasteiger charge is -2.36. The number of tetrazole rings is 1. The first-order valence-corrected chi connectivity index (χ1v) is 9.63. The second-order valence-electron chi connectivity index (χ2n) is 7.36. The van der Waals surface area contributed by atoms with Gasteiger partial charge in [-0.2, -0.15) is 0 Å². The van der Waals surface area contributed by atoms with Crippen LogP contribution in [0.5, 0.6) is 0 Å². The molecular weight excluding hydrogens is 355 g/mol. The molecule has 0 N–H and O–H groups in total. The van der Waals surface area contributed by atoms with Crippen LogP contribution in [0.4, 0.5) is 10.1 Å². The Morgan fingerprint density at radius 1 is 0.929 bits per heavy atom. The molecule has 28 heavy (non-hydrogen) atoms. The lowest BCUT2D eigenvalue weighted by atomic mass is 10.1. The van der Waals surface area contributed by atoms with Crippen molar-refractivity contribution in [2.24, 2.45) is 0 Å². The van der Waals surface area contributed by atoms with Crippen molar-refractivity contribution < 1.29 is 4.39 Å². The maximum absolute atomic E-state index is 13.1. The molecule has 1 aliphatic rings. The fourth-order valence-electron chi connectivity index (χ4n) is 3.65. The summed E-state index contributed by atoms with van der Waals surface area (Å²) in [5, 5.41) is 12.1. The van der Waals surface area contributed by atoms with E-state index in [-0.39, 0.29) is 5.82 Å². The minimum absolute atomic E-state index is 0.234. The van der Waals surface area contributed by atoms with Crippen molar-refractivity contribution in [1.82, 2.24) is 25.1 Å². The molecule has 146 valence electrons. The number of nitrogens with zero attached hydrogens (tertiary/aromatic N) is 6. The topological polar surface area (TPSA) is 50.1 Å². The van der Waals surface area contributed by atoms with E-state index in [0.29, 0.717) is 6.54 Å². The van der Waals surface area contributed by atoms with Gasteiger partial charge < -0.3 is 4.90 Å². The van der Waals surface area contributed by atoms with Gasteiger partial charge in [-0.05, 0) is 59.2 Å². The molecule has 2 heterocycles. The SMILES string of the molecule is Cc1cccc(N2CCN(Cc3nnnn3Cc3ccc(F)cc3)CC2)c1C. The molecule has 0 unspecified atom stereocenters. The van der Waals surface area contributed by atoms with E-state index in [9.17, 15) is 4.39 Å². The van der Waals surface area contributed by atoms with Crippen LogP contribution in [0.2, 0.25) is 0 Å². The fraction of sp³-hybridized carbons (Fsp3) is 0.381. The number of aromatic nitrogens is 4. The van der Waals surface area contributed by atoms with Crippen molar-refractivity contribution in [3.63, 3.8) is 0 Å². The van der Waals surface area contributed by atoms with Gasteiger partial charge in [0.25, 0.3) is 0 Å². The zero-order chi connectivity index (χ0) is 19.5. The van der Waals surface area contributed by atoms with Gasteiger partial charge in [0, 0.05) is 31.9 Å². The Balaban J connectivity index is 1.37. The summed E-state index contributed by atoms with van der Waals surface area (Å²) in [5.74, 6) is 0.604. The van der Waals surface area contributed by atoms with Crippen LogP contribution < -0.4 is 4.90 Å². The van der Waals surface area contributed by atoms with Gasteiger partial charge >= 0.3 is 0 Å². The minimum Gasteiger partial charge on any atom is -0.369 e. The summed E-state index contributed by atoms with van der Waals surface area (Å²) in [6.45, 7) is 9.54. The van der Waals surface area contributed by atoms with Crippen LogP contribution >= 0.6 is 0 Å². The van der Waals surface area contributed by atoms with E-state index >= 15 is 0 Å². The summed E-state index contributed by atoms with van der Waals surface area (Å²) < 4.78 is 14.9. The molecule has 4 rings (SSSR count). The Kier molecular flexibility index (Phi) is 5.34. The number of halogens is 1. The van der Waals surface area contributed by atoms with E-state index in [4.69, 9.17) is 0 Å². The number of rotatable bonds is 5. The molecule has 0 aliphatic carbocycles. The monoisotopic (exact) mass is 380 g/mol. The number of hydrogen-bond acceptors (Lipinski definition) is 5. The molecule has 1 fully saturated rings. The third kappa shape index (κ3) is 4.04. The molecule has 0 spiro atoms. The van der Waals surface area contributed by atoms with E-state index in [1.165, 1.54) is 28.9 Å². The van der Waals surface area contributed by atoms with Crippen LogP contribution in [0.1, 0.15) is 22.5 Å².